The Hall–Kier alpha value is -2.25. The molecule has 8 heteroatoms. The minimum Gasteiger partial charge on any atom is -0.287 e. The molecule has 0 aliphatic rings. The van der Waals surface area contributed by atoms with Gasteiger partial charge in [0.1, 0.15) is 0 Å². The van der Waals surface area contributed by atoms with Gasteiger partial charge in [0.25, 0.3) is 10.0 Å². The Labute approximate surface area is 133 Å². The normalized spacial score (nSPS) is 10.8. The van der Waals surface area contributed by atoms with Crippen LogP contribution in [0.4, 0.5) is 10.5 Å². The highest BCUT2D eigenvalue weighted by Crippen LogP contribution is 2.14. The highest BCUT2D eigenvalue weighted by Gasteiger charge is 2.18. The largest absolute Gasteiger partial charge is 0.347 e. The van der Waals surface area contributed by atoms with E-state index >= 15 is 0 Å². The maximum Gasteiger partial charge on any atom is 0.347 e. The lowest BCUT2D eigenvalue weighted by atomic mass is 10.3. The van der Waals surface area contributed by atoms with Crippen LogP contribution < -0.4 is 15.2 Å². The molecule has 0 fully saturated rings. The van der Waals surface area contributed by atoms with E-state index in [0.29, 0.717) is 10.7 Å². The van der Waals surface area contributed by atoms with Gasteiger partial charge in [-0.25, -0.2) is 23.4 Å². The van der Waals surface area contributed by atoms with E-state index < -0.39 is 16.1 Å². The van der Waals surface area contributed by atoms with Crippen molar-refractivity contribution >= 4 is 33.3 Å². The SMILES string of the molecule is CN(NC(=O)NS(=O)(=O)c1ccc(Cl)cc1)c1ccccc1. The van der Waals surface area contributed by atoms with Crippen LogP contribution in [-0.4, -0.2) is 21.5 Å². The molecule has 0 radical (unpaired) electrons. The van der Waals surface area contributed by atoms with Gasteiger partial charge in [0.05, 0.1) is 10.6 Å². The van der Waals surface area contributed by atoms with Crippen molar-refractivity contribution in [3.8, 4) is 0 Å². The van der Waals surface area contributed by atoms with Gasteiger partial charge in [-0.1, -0.05) is 29.8 Å². The summed E-state index contributed by atoms with van der Waals surface area (Å²) in [6.07, 6.45) is 0. The molecule has 0 heterocycles. The molecule has 2 aromatic carbocycles. The molecule has 0 bridgehead atoms. The quantitative estimate of drug-likeness (QED) is 0.838. The van der Waals surface area contributed by atoms with Gasteiger partial charge in [-0.2, -0.15) is 0 Å². The summed E-state index contributed by atoms with van der Waals surface area (Å²) in [6, 6.07) is 13.6. The fourth-order valence-corrected chi connectivity index (χ4v) is 2.71. The van der Waals surface area contributed by atoms with Gasteiger partial charge in [-0.15, -0.1) is 0 Å². The molecule has 0 saturated carbocycles. The predicted octanol–water partition coefficient (Wildman–Crippen LogP) is 2.38. The number of halogens is 1. The monoisotopic (exact) mass is 339 g/mol. The van der Waals surface area contributed by atoms with Crippen LogP contribution in [0.25, 0.3) is 0 Å². The van der Waals surface area contributed by atoms with E-state index in [2.05, 4.69) is 5.43 Å². The third-order valence-electron chi connectivity index (χ3n) is 2.76. The number of benzene rings is 2. The summed E-state index contributed by atoms with van der Waals surface area (Å²) in [7, 11) is -2.35. The van der Waals surface area contributed by atoms with Crippen LogP contribution in [0, 0.1) is 0 Å². The van der Waals surface area contributed by atoms with Crippen LogP contribution >= 0.6 is 11.6 Å². The number of hydrazine groups is 1. The number of nitrogens with zero attached hydrogens (tertiary/aromatic N) is 1. The lowest BCUT2D eigenvalue weighted by molar-refractivity contribution is 0.245. The molecule has 2 amide bonds. The minimum atomic E-state index is -3.95. The highest BCUT2D eigenvalue weighted by atomic mass is 35.5. The number of hydrogen-bond donors (Lipinski definition) is 2. The predicted molar refractivity (Wildman–Crippen MR) is 85.2 cm³/mol. The van der Waals surface area contributed by atoms with Crippen molar-refractivity contribution in [3.05, 3.63) is 59.6 Å². The van der Waals surface area contributed by atoms with E-state index in [9.17, 15) is 13.2 Å². The van der Waals surface area contributed by atoms with E-state index in [1.807, 2.05) is 10.8 Å². The van der Waals surface area contributed by atoms with Gasteiger partial charge in [-0.05, 0) is 36.4 Å². The molecule has 0 saturated heterocycles. The molecule has 2 aromatic rings. The first kappa shape index (κ1) is 16.1. The molecule has 2 N–H and O–H groups in total. The van der Waals surface area contributed by atoms with Crippen molar-refractivity contribution in [2.24, 2.45) is 0 Å². The van der Waals surface area contributed by atoms with Crippen LogP contribution in [0.1, 0.15) is 0 Å². The summed E-state index contributed by atoms with van der Waals surface area (Å²) in [5.74, 6) is 0. The van der Waals surface area contributed by atoms with E-state index in [4.69, 9.17) is 11.6 Å². The molecule has 6 nitrogen and oxygen atoms in total. The zero-order chi connectivity index (χ0) is 16.2. The third kappa shape index (κ3) is 4.12. The van der Waals surface area contributed by atoms with Gasteiger partial charge < -0.3 is 0 Å². The number of carbonyl (C=O) groups excluding carboxylic acids is 1. The second kappa shape index (κ2) is 6.67. The van der Waals surface area contributed by atoms with E-state index in [1.165, 1.54) is 29.3 Å². The van der Waals surface area contributed by atoms with E-state index in [0.717, 1.165) is 0 Å². The number of amides is 2. The van der Waals surface area contributed by atoms with Crippen LogP contribution in [0.15, 0.2) is 59.5 Å². The average Bonchev–Trinajstić information content (AvgIpc) is 2.48. The minimum absolute atomic E-state index is 0.0468. The first-order chi connectivity index (χ1) is 10.4. The summed E-state index contributed by atoms with van der Waals surface area (Å²) >= 11 is 5.70. The Morgan fingerprint density at radius 1 is 1.05 bits per heavy atom. The van der Waals surface area contributed by atoms with Crippen LogP contribution in [-0.2, 0) is 10.0 Å². The number of para-hydroxylation sites is 1. The number of nitrogens with one attached hydrogen (secondary N) is 2. The fourth-order valence-electron chi connectivity index (χ4n) is 1.69. The first-order valence-corrected chi connectivity index (χ1v) is 8.12. The lowest BCUT2D eigenvalue weighted by Crippen LogP contribution is -2.47. The zero-order valence-corrected chi connectivity index (χ0v) is 13.2. The Morgan fingerprint density at radius 2 is 1.64 bits per heavy atom. The van der Waals surface area contributed by atoms with Gasteiger partial charge >= 0.3 is 6.03 Å². The van der Waals surface area contributed by atoms with Gasteiger partial charge in [-0.3, -0.25) is 5.01 Å². The molecule has 0 aliphatic heterocycles. The smallest absolute Gasteiger partial charge is 0.287 e. The average molecular weight is 340 g/mol. The Kier molecular flexibility index (Phi) is 4.89. The standard InChI is InChI=1S/C14H14ClN3O3S/c1-18(12-5-3-2-4-6-12)16-14(19)17-22(20,21)13-9-7-11(15)8-10-13/h2-10H,1H3,(H2,16,17,19). The molecule has 2 rings (SSSR count). The van der Waals surface area contributed by atoms with Gasteiger partial charge in [0, 0.05) is 12.1 Å². The van der Waals surface area contributed by atoms with E-state index in [-0.39, 0.29) is 4.90 Å². The first-order valence-electron chi connectivity index (χ1n) is 6.26. The lowest BCUT2D eigenvalue weighted by Gasteiger charge is -2.20. The van der Waals surface area contributed by atoms with Crippen molar-refractivity contribution in [2.45, 2.75) is 4.90 Å². The number of hydrogen-bond acceptors (Lipinski definition) is 4. The second-order valence-corrected chi connectivity index (χ2v) is 6.51. The zero-order valence-electron chi connectivity index (χ0n) is 11.7. The van der Waals surface area contributed by atoms with Crippen LogP contribution in [0.5, 0.6) is 0 Å². The molecular weight excluding hydrogens is 326 g/mol. The maximum atomic E-state index is 12.0. The maximum absolute atomic E-state index is 12.0. The molecular formula is C14H14ClN3O3S. The molecule has 116 valence electrons. The van der Waals surface area contributed by atoms with Crippen molar-refractivity contribution < 1.29 is 13.2 Å². The molecule has 0 aromatic heterocycles. The van der Waals surface area contributed by atoms with Gasteiger partial charge in [0.15, 0.2) is 0 Å². The summed E-state index contributed by atoms with van der Waals surface area (Å²) in [6.45, 7) is 0. The molecule has 0 atom stereocenters. The topological polar surface area (TPSA) is 78.5 Å². The van der Waals surface area contributed by atoms with Crippen molar-refractivity contribution in [3.63, 3.8) is 0 Å². The summed E-state index contributed by atoms with van der Waals surface area (Å²) < 4.78 is 26.0. The molecule has 0 aliphatic carbocycles. The highest BCUT2D eigenvalue weighted by molar-refractivity contribution is 7.90. The van der Waals surface area contributed by atoms with Crippen molar-refractivity contribution in [1.29, 1.82) is 0 Å². The molecule has 0 unspecified atom stereocenters. The van der Waals surface area contributed by atoms with Crippen molar-refractivity contribution in [2.75, 3.05) is 12.1 Å². The fraction of sp³-hybridized carbons (Fsp3) is 0.0714. The van der Waals surface area contributed by atoms with Crippen LogP contribution in [0.3, 0.4) is 0 Å². The number of anilines is 1. The number of rotatable bonds is 4. The molecule has 22 heavy (non-hydrogen) atoms. The number of urea groups is 1. The van der Waals surface area contributed by atoms with Gasteiger partial charge in [0.2, 0.25) is 0 Å². The Bertz CT molecular complexity index is 749. The molecule has 0 spiro atoms. The van der Waals surface area contributed by atoms with E-state index in [1.54, 1.807) is 31.3 Å². The van der Waals surface area contributed by atoms with Crippen molar-refractivity contribution in [1.82, 2.24) is 10.1 Å². The summed E-state index contributed by atoms with van der Waals surface area (Å²) in [5.41, 5.74) is 3.12. The second-order valence-electron chi connectivity index (χ2n) is 4.39. The number of carbonyl (C=O) groups is 1. The summed E-state index contributed by atoms with van der Waals surface area (Å²) in [4.78, 5) is 11.8. The Balaban J connectivity index is 2.03. The third-order valence-corrected chi connectivity index (χ3v) is 4.36. The number of sulfonamides is 1. The summed E-state index contributed by atoms with van der Waals surface area (Å²) in [5, 5.41) is 1.82. The van der Waals surface area contributed by atoms with Crippen LogP contribution in [0.2, 0.25) is 5.02 Å². The Morgan fingerprint density at radius 3 is 2.23 bits per heavy atom.